The van der Waals surface area contributed by atoms with Gasteiger partial charge < -0.3 is 19.3 Å². The summed E-state index contributed by atoms with van der Waals surface area (Å²) in [4.78, 5) is 19.7. The van der Waals surface area contributed by atoms with Gasteiger partial charge in [0.1, 0.15) is 11.5 Å². The number of aryl methyl sites for hydroxylation is 1. The van der Waals surface area contributed by atoms with Gasteiger partial charge in [0.15, 0.2) is 0 Å². The van der Waals surface area contributed by atoms with Gasteiger partial charge in [-0.15, -0.1) is 0 Å². The lowest BCUT2D eigenvalue weighted by atomic mass is 9.97. The molecule has 4 rings (SSSR count). The molecule has 1 fully saturated rings. The fourth-order valence-corrected chi connectivity index (χ4v) is 3.96. The molecule has 2 aromatic carbocycles. The molecular formula is C24H28N4O4. The Morgan fingerprint density at radius 2 is 2.09 bits per heavy atom. The van der Waals surface area contributed by atoms with Crippen LogP contribution >= 0.6 is 0 Å². The zero-order valence-electron chi connectivity index (χ0n) is 18.6. The minimum atomic E-state index is -0.130. The van der Waals surface area contributed by atoms with Crippen molar-refractivity contribution in [3.8, 4) is 22.9 Å². The zero-order chi connectivity index (χ0) is 22.5. The SMILES string of the molecule is COc1ccc(NC(=O)C2CCCN(Cc3nc(-c4cccc(C)c4)no3)C2)c(OC)c1. The third kappa shape index (κ3) is 5.08. The zero-order valence-corrected chi connectivity index (χ0v) is 18.6. The van der Waals surface area contributed by atoms with Gasteiger partial charge in [-0.1, -0.05) is 28.9 Å². The molecule has 0 radical (unpaired) electrons. The standard InChI is InChI=1S/C24H28N4O4/c1-16-6-4-7-17(12-16)23-26-22(32-27-23)15-28-11-5-8-18(14-28)24(29)25-20-10-9-19(30-2)13-21(20)31-3/h4,6-7,9-10,12-13,18H,5,8,11,14-15H2,1-3H3,(H,25,29). The van der Waals surface area contributed by atoms with Crippen LogP contribution in [0.5, 0.6) is 11.5 Å². The number of hydrogen-bond acceptors (Lipinski definition) is 7. The highest BCUT2D eigenvalue weighted by Crippen LogP contribution is 2.30. The maximum atomic E-state index is 12.9. The van der Waals surface area contributed by atoms with E-state index in [4.69, 9.17) is 14.0 Å². The summed E-state index contributed by atoms with van der Waals surface area (Å²) < 4.78 is 16.1. The van der Waals surface area contributed by atoms with Crippen molar-refractivity contribution < 1.29 is 18.8 Å². The van der Waals surface area contributed by atoms with E-state index in [1.54, 1.807) is 32.4 Å². The first-order valence-corrected chi connectivity index (χ1v) is 10.7. The topological polar surface area (TPSA) is 89.7 Å². The number of aromatic nitrogens is 2. The van der Waals surface area contributed by atoms with Crippen LogP contribution in [0.25, 0.3) is 11.4 Å². The molecule has 1 saturated heterocycles. The van der Waals surface area contributed by atoms with Crippen LogP contribution in [0.4, 0.5) is 5.69 Å². The maximum Gasteiger partial charge on any atom is 0.241 e. The van der Waals surface area contributed by atoms with Crippen molar-refractivity contribution in [3.63, 3.8) is 0 Å². The van der Waals surface area contributed by atoms with E-state index in [-0.39, 0.29) is 11.8 Å². The van der Waals surface area contributed by atoms with E-state index < -0.39 is 0 Å². The summed E-state index contributed by atoms with van der Waals surface area (Å²) in [5.74, 6) is 2.23. The molecule has 0 spiro atoms. The van der Waals surface area contributed by atoms with Crippen LogP contribution in [0.3, 0.4) is 0 Å². The average Bonchev–Trinajstić information content (AvgIpc) is 3.28. The van der Waals surface area contributed by atoms with Crippen molar-refractivity contribution in [2.75, 3.05) is 32.6 Å². The fraction of sp³-hybridized carbons (Fsp3) is 0.375. The lowest BCUT2D eigenvalue weighted by Crippen LogP contribution is -2.40. The number of hydrogen-bond donors (Lipinski definition) is 1. The van der Waals surface area contributed by atoms with Gasteiger partial charge in [-0.05, 0) is 44.5 Å². The van der Waals surface area contributed by atoms with Crippen LogP contribution in [-0.2, 0) is 11.3 Å². The first-order chi connectivity index (χ1) is 15.6. The molecule has 1 amide bonds. The molecule has 1 aromatic heterocycles. The maximum absolute atomic E-state index is 12.9. The van der Waals surface area contributed by atoms with E-state index in [0.29, 0.717) is 42.0 Å². The first kappa shape index (κ1) is 21.8. The molecule has 1 atom stereocenters. The van der Waals surface area contributed by atoms with Crippen LogP contribution in [-0.4, -0.2) is 48.3 Å². The second-order valence-electron chi connectivity index (χ2n) is 8.01. The van der Waals surface area contributed by atoms with Gasteiger partial charge >= 0.3 is 0 Å². The highest BCUT2D eigenvalue weighted by molar-refractivity contribution is 5.94. The van der Waals surface area contributed by atoms with Crippen molar-refractivity contribution in [2.24, 2.45) is 5.92 Å². The van der Waals surface area contributed by atoms with Crippen molar-refractivity contribution in [3.05, 3.63) is 53.9 Å². The molecule has 8 nitrogen and oxygen atoms in total. The van der Waals surface area contributed by atoms with Crippen molar-refractivity contribution in [1.29, 1.82) is 0 Å². The molecule has 1 aliphatic rings. The molecule has 3 aromatic rings. The Labute approximate surface area is 187 Å². The van der Waals surface area contributed by atoms with Gasteiger partial charge in [-0.2, -0.15) is 4.98 Å². The minimum Gasteiger partial charge on any atom is -0.497 e. The normalized spacial score (nSPS) is 16.5. The number of carbonyl (C=O) groups is 1. The Bertz CT molecular complexity index is 1080. The molecular weight excluding hydrogens is 408 g/mol. The third-order valence-electron chi connectivity index (χ3n) is 5.65. The number of methoxy groups -OCH3 is 2. The number of nitrogens with one attached hydrogen (secondary N) is 1. The number of rotatable bonds is 7. The Morgan fingerprint density at radius 3 is 2.88 bits per heavy atom. The van der Waals surface area contributed by atoms with Crippen molar-refractivity contribution >= 4 is 11.6 Å². The summed E-state index contributed by atoms with van der Waals surface area (Å²) in [6, 6.07) is 13.4. The van der Waals surface area contributed by atoms with Crippen LogP contribution in [0.1, 0.15) is 24.3 Å². The van der Waals surface area contributed by atoms with E-state index in [1.807, 2.05) is 31.2 Å². The molecule has 0 saturated carbocycles. The number of piperidine rings is 1. The molecule has 1 N–H and O–H groups in total. The second kappa shape index (κ2) is 9.82. The Morgan fingerprint density at radius 1 is 1.22 bits per heavy atom. The predicted octanol–water partition coefficient (Wildman–Crippen LogP) is 3.91. The Kier molecular flexibility index (Phi) is 6.70. The minimum absolute atomic E-state index is 0.0239. The molecule has 1 unspecified atom stereocenters. The molecule has 0 aliphatic carbocycles. The van der Waals surface area contributed by atoms with Gasteiger partial charge in [0.25, 0.3) is 0 Å². The third-order valence-corrected chi connectivity index (χ3v) is 5.65. The molecule has 32 heavy (non-hydrogen) atoms. The quantitative estimate of drug-likeness (QED) is 0.600. The first-order valence-electron chi connectivity index (χ1n) is 10.7. The summed E-state index contributed by atoms with van der Waals surface area (Å²) in [5.41, 5.74) is 2.71. The number of ether oxygens (including phenoxy) is 2. The van der Waals surface area contributed by atoms with Crippen molar-refractivity contribution in [2.45, 2.75) is 26.3 Å². The number of benzene rings is 2. The van der Waals surface area contributed by atoms with Gasteiger partial charge in [0.2, 0.25) is 17.6 Å². The van der Waals surface area contributed by atoms with Gasteiger partial charge in [0, 0.05) is 18.2 Å². The lowest BCUT2D eigenvalue weighted by molar-refractivity contribution is -0.121. The summed E-state index contributed by atoms with van der Waals surface area (Å²) in [5, 5.41) is 7.12. The fourth-order valence-electron chi connectivity index (χ4n) is 3.96. The second-order valence-corrected chi connectivity index (χ2v) is 8.01. The predicted molar refractivity (Wildman–Crippen MR) is 121 cm³/mol. The highest BCUT2D eigenvalue weighted by Gasteiger charge is 2.27. The summed E-state index contributed by atoms with van der Waals surface area (Å²) in [6.07, 6.45) is 1.76. The molecule has 2 heterocycles. The van der Waals surface area contributed by atoms with E-state index >= 15 is 0 Å². The number of likely N-dealkylation sites (tertiary alicyclic amines) is 1. The smallest absolute Gasteiger partial charge is 0.241 e. The molecule has 1 aliphatic heterocycles. The number of nitrogens with zero attached hydrogens (tertiary/aromatic N) is 3. The molecule has 8 heteroatoms. The van der Waals surface area contributed by atoms with Gasteiger partial charge in [-0.25, -0.2) is 0 Å². The monoisotopic (exact) mass is 436 g/mol. The molecule has 168 valence electrons. The van der Waals surface area contributed by atoms with Crippen LogP contribution in [0, 0.1) is 12.8 Å². The summed E-state index contributed by atoms with van der Waals surface area (Å²) >= 11 is 0. The van der Waals surface area contributed by atoms with Crippen LogP contribution < -0.4 is 14.8 Å². The van der Waals surface area contributed by atoms with E-state index in [1.165, 1.54) is 0 Å². The number of amides is 1. The van der Waals surface area contributed by atoms with E-state index in [0.717, 1.165) is 30.5 Å². The van der Waals surface area contributed by atoms with Gasteiger partial charge in [-0.3, -0.25) is 9.69 Å². The van der Waals surface area contributed by atoms with Crippen LogP contribution in [0.15, 0.2) is 47.0 Å². The van der Waals surface area contributed by atoms with Gasteiger partial charge in [0.05, 0.1) is 32.4 Å². The summed E-state index contributed by atoms with van der Waals surface area (Å²) in [7, 11) is 3.17. The van der Waals surface area contributed by atoms with E-state index in [9.17, 15) is 4.79 Å². The number of carbonyl (C=O) groups excluding carboxylic acids is 1. The largest absolute Gasteiger partial charge is 0.497 e. The van der Waals surface area contributed by atoms with Crippen molar-refractivity contribution in [1.82, 2.24) is 15.0 Å². The highest BCUT2D eigenvalue weighted by atomic mass is 16.5. The summed E-state index contributed by atoms with van der Waals surface area (Å²) in [6.45, 7) is 4.07. The van der Waals surface area contributed by atoms with E-state index in [2.05, 4.69) is 20.4 Å². The Hall–Kier alpha value is -3.39. The number of anilines is 1. The Balaban J connectivity index is 1.38. The molecule has 0 bridgehead atoms. The van der Waals surface area contributed by atoms with Crippen LogP contribution in [0.2, 0.25) is 0 Å². The average molecular weight is 437 g/mol. The lowest BCUT2D eigenvalue weighted by Gasteiger charge is -2.31.